The van der Waals surface area contributed by atoms with Crippen LogP contribution in [0.3, 0.4) is 0 Å². The molecule has 1 saturated carbocycles. The fourth-order valence-corrected chi connectivity index (χ4v) is 3.04. The fraction of sp³-hybridized carbons (Fsp3) is 0.778. The van der Waals surface area contributed by atoms with Crippen LogP contribution in [0.15, 0.2) is 4.99 Å². The van der Waals surface area contributed by atoms with Crippen molar-refractivity contribution in [2.24, 2.45) is 4.99 Å². The molecule has 2 aliphatic rings. The first-order valence-corrected chi connectivity index (χ1v) is 5.95. The summed E-state index contributed by atoms with van der Waals surface area (Å²) in [7, 11) is 0. The summed E-state index contributed by atoms with van der Waals surface area (Å²) in [5, 5.41) is 4.00. The number of hydrogen-bond acceptors (Lipinski definition) is 2. The van der Waals surface area contributed by atoms with E-state index in [4.69, 9.17) is 0 Å². The number of aliphatic imine (C=N–C) groups is 1. The molecule has 1 N–H and O–H groups in total. The van der Waals surface area contributed by atoms with Crippen molar-refractivity contribution in [3.63, 3.8) is 0 Å². The number of nitrogens with zero attached hydrogens (tertiary/aromatic N) is 1. The number of amides is 2. The first-order valence-electron chi connectivity index (χ1n) is 4.72. The summed E-state index contributed by atoms with van der Waals surface area (Å²) in [4.78, 5) is 15.2. The molecular weight excluding hydrogens is 184 g/mol. The smallest absolute Gasteiger partial charge is 0.325 e. The molecular formula is C9H14N2OS. The largest absolute Gasteiger partial charge is 0.342 e. The second-order valence-corrected chi connectivity index (χ2v) is 4.49. The highest BCUT2D eigenvalue weighted by Gasteiger charge is 2.42. The first-order chi connectivity index (χ1) is 6.27. The van der Waals surface area contributed by atoms with Gasteiger partial charge in [0.05, 0.1) is 5.54 Å². The van der Waals surface area contributed by atoms with Crippen molar-refractivity contribution in [2.75, 3.05) is 6.26 Å². The minimum Gasteiger partial charge on any atom is -0.325 e. The minimum absolute atomic E-state index is 0.0747. The van der Waals surface area contributed by atoms with Gasteiger partial charge in [0, 0.05) is 0 Å². The minimum atomic E-state index is -0.147. The molecule has 13 heavy (non-hydrogen) atoms. The lowest BCUT2D eigenvalue weighted by molar-refractivity contribution is 0.240. The Hall–Kier alpha value is -0.510. The van der Waals surface area contributed by atoms with Gasteiger partial charge in [0.25, 0.3) is 0 Å². The Morgan fingerprint density at radius 3 is 2.69 bits per heavy atom. The van der Waals surface area contributed by atoms with E-state index in [1.807, 2.05) is 6.26 Å². The van der Waals surface area contributed by atoms with Gasteiger partial charge in [-0.05, 0) is 19.1 Å². The molecule has 4 heteroatoms. The molecule has 0 atom stereocenters. The van der Waals surface area contributed by atoms with Gasteiger partial charge >= 0.3 is 6.03 Å². The average Bonchev–Trinajstić information content (AvgIpc) is 2.43. The quantitative estimate of drug-likeness (QED) is 0.648. The van der Waals surface area contributed by atoms with Crippen LogP contribution >= 0.6 is 11.8 Å². The van der Waals surface area contributed by atoms with E-state index < -0.39 is 0 Å². The predicted octanol–water partition coefficient (Wildman–Crippen LogP) is 2.17. The molecule has 1 aliphatic carbocycles. The van der Waals surface area contributed by atoms with Gasteiger partial charge in [0.2, 0.25) is 0 Å². The Balaban J connectivity index is 2.21. The van der Waals surface area contributed by atoms with Crippen LogP contribution < -0.4 is 5.32 Å². The van der Waals surface area contributed by atoms with Gasteiger partial charge in [0.1, 0.15) is 5.04 Å². The van der Waals surface area contributed by atoms with E-state index in [0.29, 0.717) is 0 Å². The highest BCUT2D eigenvalue weighted by Crippen LogP contribution is 2.35. The molecule has 0 radical (unpaired) electrons. The summed E-state index contributed by atoms with van der Waals surface area (Å²) >= 11 is 1.61. The molecule has 3 nitrogen and oxygen atoms in total. The maximum Gasteiger partial charge on any atom is 0.342 e. The second-order valence-electron chi connectivity index (χ2n) is 3.69. The molecule has 2 rings (SSSR count). The topological polar surface area (TPSA) is 41.5 Å². The first kappa shape index (κ1) is 9.06. The van der Waals surface area contributed by atoms with Gasteiger partial charge in [-0.3, -0.25) is 0 Å². The van der Waals surface area contributed by atoms with Gasteiger partial charge in [-0.15, -0.1) is 11.8 Å². The van der Waals surface area contributed by atoms with Crippen LogP contribution in [0.1, 0.15) is 32.1 Å². The van der Waals surface area contributed by atoms with Crippen molar-refractivity contribution in [3.05, 3.63) is 0 Å². The van der Waals surface area contributed by atoms with Gasteiger partial charge in [-0.1, -0.05) is 19.3 Å². The lowest BCUT2D eigenvalue weighted by atomic mass is 9.83. The van der Waals surface area contributed by atoms with Crippen LogP contribution in [-0.2, 0) is 0 Å². The number of carbonyl (C=O) groups is 1. The number of carbonyl (C=O) groups excluding carboxylic acids is 1. The Morgan fingerprint density at radius 2 is 2.08 bits per heavy atom. The zero-order valence-corrected chi connectivity index (χ0v) is 8.62. The van der Waals surface area contributed by atoms with Crippen LogP contribution in [0.25, 0.3) is 0 Å². The lowest BCUT2D eigenvalue weighted by Gasteiger charge is -2.33. The third-order valence-electron chi connectivity index (χ3n) is 2.86. The third-order valence-corrected chi connectivity index (χ3v) is 3.73. The van der Waals surface area contributed by atoms with Gasteiger partial charge < -0.3 is 5.32 Å². The molecule has 0 aromatic carbocycles. The third kappa shape index (κ3) is 1.47. The van der Waals surface area contributed by atoms with E-state index in [1.165, 1.54) is 19.3 Å². The van der Waals surface area contributed by atoms with Crippen molar-refractivity contribution in [1.29, 1.82) is 0 Å². The number of nitrogens with one attached hydrogen (secondary N) is 1. The van der Waals surface area contributed by atoms with Crippen LogP contribution in [0.5, 0.6) is 0 Å². The summed E-state index contributed by atoms with van der Waals surface area (Å²) in [5.74, 6) is 0. The van der Waals surface area contributed by atoms with E-state index >= 15 is 0 Å². The van der Waals surface area contributed by atoms with Crippen molar-refractivity contribution >= 4 is 22.8 Å². The number of thioether (sulfide) groups is 1. The zero-order valence-electron chi connectivity index (χ0n) is 7.80. The molecule has 0 saturated heterocycles. The SMILES string of the molecule is CSC1=NC(=O)NC12CCCCC2. The van der Waals surface area contributed by atoms with Crippen LogP contribution in [0.2, 0.25) is 0 Å². The van der Waals surface area contributed by atoms with Gasteiger partial charge in [-0.2, -0.15) is 4.99 Å². The molecule has 1 spiro atoms. The maximum atomic E-state index is 11.2. The summed E-state index contributed by atoms with van der Waals surface area (Å²) in [6.45, 7) is 0. The van der Waals surface area contributed by atoms with Crippen molar-refractivity contribution in [3.8, 4) is 0 Å². The molecule has 1 heterocycles. The normalized spacial score (nSPS) is 25.9. The molecule has 0 aromatic rings. The summed E-state index contributed by atoms with van der Waals surface area (Å²) in [6, 6.07) is -0.147. The van der Waals surface area contributed by atoms with Crippen molar-refractivity contribution in [1.82, 2.24) is 5.32 Å². The molecule has 0 bridgehead atoms. The molecule has 1 fully saturated rings. The highest BCUT2D eigenvalue weighted by molar-refractivity contribution is 8.13. The van der Waals surface area contributed by atoms with E-state index in [9.17, 15) is 4.79 Å². The maximum absolute atomic E-state index is 11.2. The molecule has 1 aliphatic heterocycles. The predicted molar refractivity (Wildman–Crippen MR) is 55.3 cm³/mol. The molecule has 2 amide bonds. The molecule has 0 unspecified atom stereocenters. The lowest BCUT2D eigenvalue weighted by Crippen LogP contribution is -2.48. The summed E-state index contributed by atoms with van der Waals surface area (Å²) in [6.07, 6.45) is 7.84. The van der Waals surface area contributed by atoms with Crippen LogP contribution in [0, 0.1) is 0 Å². The number of rotatable bonds is 0. The van der Waals surface area contributed by atoms with Crippen molar-refractivity contribution < 1.29 is 4.79 Å². The van der Waals surface area contributed by atoms with Crippen molar-refractivity contribution in [2.45, 2.75) is 37.6 Å². The van der Waals surface area contributed by atoms with E-state index in [-0.39, 0.29) is 11.6 Å². The standard InChI is InChI=1S/C9H14N2OS/c1-13-7-9(11-8(12)10-7)5-3-2-4-6-9/h2-6H2,1H3,(H,11,12). The van der Waals surface area contributed by atoms with Gasteiger partial charge in [0.15, 0.2) is 0 Å². The Morgan fingerprint density at radius 1 is 1.38 bits per heavy atom. The second kappa shape index (κ2) is 3.33. The Labute approximate surface area is 82.4 Å². The Kier molecular flexibility index (Phi) is 2.32. The van der Waals surface area contributed by atoms with Crippen LogP contribution in [-0.4, -0.2) is 22.9 Å². The van der Waals surface area contributed by atoms with E-state index in [0.717, 1.165) is 17.9 Å². The summed E-state index contributed by atoms with van der Waals surface area (Å²) in [5.41, 5.74) is -0.0747. The number of urea groups is 1. The van der Waals surface area contributed by atoms with E-state index in [2.05, 4.69) is 10.3 Å². The molecule has 72 valence electrons. The van der Waals surface area contributed by atoms with E-state index in [1.54, 1.807) is 11.8 Å². The molecule has 0 aromatic heterocycles. The van der Waals surface area contributed by atoms with Gasteiger partial charge in [-0.25, -0.2) is 4.79 Å². The zero-order chi connectivity index (χ0) is 9.31. The average molecular weight is 198 g/mol. The Bertz CT molecular complexity index is 256. The number of hydrogen-bond donors (Lipinski definition) is 1. The van der Waals surface area contributed by atoms with Crippen LogP contribution in [0.4, 0.5) is 4.79 Å². The monoisotopic (exact) mass is 198 g/mol. The summed E-state index contributed by atoms with van der Waals surface area (Å²) < 4.78 is 0. The highest BCUT2D eigenvalue weighted by atomic mass is 32.2. The fourth-order valence-electron chi connectivity index (χ4n) is 2.22.